The molecule has 17 rings (SSSR count). The summed E-state index contributed by atoms with van der Waals surface area (Å²) < 4.78 is 40.8. The van der Waals surface area contributed by atoms with Gasteiger partial charge in [0, 0.05) is 171 Å². The smallest absolute Gasteiger partial charge is 0.230 e. The summed E-state index contributed by atoms with van der Waals surface area (Å²) in [6.45, 7) is 15.4. The second kappa shape index (κ2) is 40.1. The number of para-hydroxylation sites is 4. The third-order valence-corrected chi connectivity index (χ3v) is 22.9. The van der Waals surface area contributed by atoms with Gasteiger partial charge < -0.3 is 56.4 Å². The molecule has 22 heteroatoms. The van der Waals surface area contributed by atoms with E-state index in [9.17, 15) is 14.4 Å². The van der Waals surface area contributed by atoms with Gasteiger partial charge in [0.15, 0.2) is 17.3 Å². The van der Waals surface area contributed by atoms with Gasteiger partial charge in [0.1, 0.15) is 29.6 Å². The minimum atomic E-state index is 0.123. The van der Waals surface area contributed by atoms with Crippen molar-refractivity contribution >= 4 is 50.1 Å². The third-order valence-electron chi connectivity index (χ3n) is 22.9. The molecule has 0 N–H and O–H groups in total. The van der Waals surface area contributed by atoms with Gasteiger partial charge in [-0.1, -0.05) is 156 Å². The Morgan fingerprint density at radius 3 is 1.13 bits per heavy atom. The molecule has 10 heterocycles. The molecule has 7 aromatic heterocycles. The highest BCUT2D eigenvalue weighted by Gasteiger charge is 2.29. The lowest BCUT2D eigenvalue weighted by atomic mass is 9.96. The summed E-state index contributed by atoms with van der Waals surface area (Å²) in [5, 5.41) is 11.2. The summed E-state index contributed by atoms with van der Waals surface area (Å²) in [5.74, 6) is 6.96. The zero-order valence-corrected chi connectivity index (χ0v) is 67.6. The van der Waals surface area contributed by atoms with E-state index in [1.165, 1.54) is 0 Å². The molecular formula is C96H103N13O9. The summed E-state index contributed by atoms with van der Waals surface area (Å²) in [6.07, 6.45) is 21.1. The van der Waals surface area contributed by atoms with Crippen LogP contribution in [0.3, 0.4) is 0 Å². The minimum absolute atomic E-state index is 0.123. The summed E-state index contributed by atoms with van der Waals surface area (Å²) >= 11 is 0. The van der Waals surface area contributed by atoms with E-state index >= 15 is 0 Å². The van der Waals surface area contributed by atoms with E-state index in [4.69, 9.17) is 28.0 Å². The van der Waals surface area contributed by atoms with E-state index in [0.29, 0.717) is 30.9 Å². The monoisotopic (exact) mass is 1580 g/mol. The number of piperazine rings is 1. The Bertz CT molecular complexity index is 5300. The highest BCUT2D eigenvalue weighted by atomic mass is 16.5. The van der Waals surface area contributed by atoms with Gasteiger partial charge in [-0.15, -0.1) is 0 Å². The number of hydrogen-bond acceptors (Lipinski definition) is 19. The quantitative estimate of drug-likeness (QED) is 0.0358. The number of ketones is 3. The molecule has 0 spiro atoms. The molecule has 3 aliphatic rings. The number of ether oxygens (including phenoxy) is 4. The van der Waals surface area contributed by atoms with Gasteiger partial charge in [0.25, 0.3) is 0 Å². The number of nitrogens with zero attached hydrogens (tertiary/aromatic N) is 13. The molecule has 0 saturated carbocycles. The van der Waals surface area contributed by atoms with Gasteiger partial charge in [-0.05, 0) is 162 Å². The topological polar surface area (TPSA) is 220 Å². The number of aryl methyl sites for hydroxylation is 3. The highest BCUT2D eigenvalue weighted by molar-refractivity contribution is 6.12. The maximum absolute atomic E-state index is 13.3. The molecule has 606 valence electrons. The lowest BCUT2D eigenvalue weighted by molar-refractivity contribution is 0.0986. The number of benzene rings is 7. The number of fused-ring (bicyclic) bond motifs is 3. The first-order valence-electron chi connectivity index (χ1n) is 41.3. The number of aromatic nitrogens is 9. The van der Waals surface area contributed by atoms with Crippen LogP contribution in [0.2, 0.25) is 0 Å². The number of likely N-dealkylation sites (tertiary alicyclic amines) is 2. The highest BCUT2D eigenvalue weighted by Crippen LogP contribution is 2.37. The molecular weight excluding hydrogens is 1480 g/mol. The zero-order valence-electron chi connectivity index (χ0n) is 67.6. The first kappa shape index (κ1) is 81.0. The predicted molar refractivity (Wildman–Crippen MR) is 459 cm³/mol. The molecule has 3 fully saturated rings. The van der Waals surface area contributed by atoms with Crippen molar-refractivity contribution in [3.8, 4) is 45.8 Å². The second-order valence-corrected chi connectivity index (χ2v) is 30.6. The van der Waals surface area contributed by atoms with E-state index in [1.807, 2.05) is 219 Å². The van der Waals surface area contributed by atoms with Gasteiger partial charge in [-0.25, -0.2) is 0 Å². The first-order chi connectivity index (χ1) is 58.1. The summed E-state index contributed by atoms with van der Waals surface area (Å²) in [6, 6.07) is 65.3. The Morgan fingerprint density at radius 2 is 0.746 bits per heavy atom. The van der Waals surface area contributed by atoms with E-state index in [2.05, 4.69) is 63.6 Å². The standard InChI is InChI=1S/2C32H33N5O3.C32H37N3O3/c1-39-29-12-5-11-26-27(28(38)20-23-8-3-2-4-9-23)22-37(30(26)29)17-7-16-36-18-13-24(14-19-36)32-34-31(35-40-32)25-10-6-15-33-21-25;1-39-29-10-5-9-26-27(28(38)21-23-7-3-2-4-8-23)22-37(30(26)29)18-6-17-36-19-13-25(14-20-36)32-34-31(35-40-32)24-11-15-33-16-12-24;1-37-31-15-8-14-28-29(30(36)24-26-10-4-2-5-11-26)25-35(32(28)31)17-9-16-33-18-20-34(21-19-33)22-23-38-27-12-6-3-7-13-27/h2-6,8-12,15,21-22,24H,7,13-14,16-20H2,1H3;2-5,7-12,15-16,22,25H,6,13-14,17-21H2,1H3;2-8,10-15,25H,9,16-24H2,1H3. The van der Waals surface area contributed by atoms with Gasteiger partial charge in [0.2, 0.25) is 23.4 Å². The number of methoxy groups -OCH3 is 3. The molecule has 7 aromatic carbocycles. The lowest BCUT2D eigenvalue weighted by Crippen LogP contribution is -2.47. The van der Waals surface area contributed by atoms with Gasteiger partial charge >= 0.3 is 0 Å². The minimum Gasteiger partial charge on any atom is -0.495 e. The van der Waals surface area contributed by atoms with Crippen LogP contribution in [0.15, 0.2) is 253 Å². The van der Waals surface area contributed by atoms with Crippen LogP contribution in [0.25, 0.3) is 55.5 Å². The van der Waals surface area contributed by atoms with Crippen LogP contribution in [0.4, 0.5) is 0 Å². The van der Waals surface area contributed by atoms with Crippen molar-refractivity contribution in [2.75, 3.05) is 106 Å². The maximum Gasteiger partial charge on any atom is 0.230 e. The molecule has 118 heavy (non-hydrogen) atoms. The fourth-order valence-corrected chi connectivity index (χ4v) is 16.6. The third kappa shape index (κ3) is 20.4. The molecule has 0 aliphatic carbocycles. The van der Waals surface area contributed by atoms with Crippen LogP contribution in [0, 0.1) is 0 Å². The Hall–Kier alpha value is -12.2. The van der Waals surface area contributed by atoms with Crippen LogP contribution in [-0.4, -0.2) is 187 Å². The van der Waals surface area contributed by atoms with Crippen LogP contribution in [-0.2, 0) is 38.9 Å². The summed E-state index contributed by atoms with van der Waals surface area (Å²) in [4.78, 5) is 67.4. The SMILES string of the molecule is COc1cccc2c(C(=O)Cc3ccccc3)cn(CCCN3CCC(c4nc(-c5cccnc5)no4)CC3)c12.COc1cccc2c(C(=O)Cc3ccccc3)cn(CCCN3CCC(c4nc(-c5ccncc5)no4)CC3)c12.COc1cccc2c(C(=O)Cc3ccccc3)cn(CCCN3CCN(CCOc4ccccc4)CC3)c12. The molecule has 0 radical (unpaired) electrons. The van der Waals surface area contributed by atoms with E-state index in [1.54, 1.807) is 46.1 Å². The van der Waals surface area contributed by atoms with Crippen LogP contribution in [0.5, 0.6) is 23.0 Å². The van der Waals surface area contributed by atoms with Gasteiger partial charge in [-0.2, -0.15) is 9.97 Å². The van der Waals surface area contributed by atoms with Crippen LogP contribution in [0.1, 0.15) is 116 Å². The number of Topliss-reactive ketones (excluding diaryl/α,β-unsaturated/α-hetero) is 3. The number of hydrogen-bond donors (Lipinski definition) is 0. The van der Waals surface area contributed by atoms with Crippen molar-refractivity contribution in [3.63, 3.8) is 0 Å². The van der Waals surface area contributed by atoms with Crippen molar-refractivity contribution in [2.45, 2.75) is 95.7 Å². The lowest BCUT2D eigenvalue weighted by Gasteiger charge is -2.34. The maximum atomic E-state index is 13.3. The largest absolute Gasteiger partial charge is 0.495 e. The van der Waals surface area contributed by atoms with E-state index < -0.39 is 0 Å². The molecule has 0 bridgehead atoms. The molecule has 22 nitrogen and oxygen atoms in total. The van der Waals surface area contributed by atoms with Crippen molar-refractivity contribution in [3.05, 3.63) is 289 Å². The number of pyridine rings is 2. The van der Waals surface area contributed by atoms with Crippen molar-refractivity contribution in [1.82, 2.24) is 63.6 Å². The van der Waals surface area contributed by atoms with Crippen molar-refractivity contribution < 1.29 is 42.4 Å². The number of carbonyl (C=O) groups is 3. The van der Waals surface area contributed by atoms with Crippen molar-refractivity contribution in [1.29, 1.82) is 0 Å². The van der Waals surface area contributed by atoms with Crippen LogP contribution < -0.4 is 18.9 Å². The average molecular weight is 1580 g/mol. The Morgan fingerprint density at radius 1 is 0.373 bits per heavy atom. The first-order valence-corrected chi connectivity index (χ1v) is 41.3. The zero-order chi connectivity index (χ0) is 80.8. The Labute approximate surface area is 688 Å². The van der Waals surface area contributed by atoms with E-state index in [-0.39, 0.29) is 29.2 Å². The number of rotatable bonds is 32. The summed E-state index contributed by atoms with van der Waals surface area (Å²) in [5.41, 5.74) is 10.1. The van der Waals surface area contributed by atoms with Crippen molar-refractivity contribution in [2.24, 2.45) is 0 Å². The fraction of sp³-hybridized carbons (Fsp3) is 0.323. The molecule has 3 aliphatic heterocycles. The molecule has 0 unspecified atom stereocenters. The summed E-state index contributed by atoms with van der Waals surface area (Å²) in [7, 11) is 5.07. The van der Waals surface area contributed by atoms with E-state index in [0.717, 1.165) is 262 Å². The Kier molecular flexibility index (Phi) is 27.5. The Balaban J connectivity index is 0.000000139. The second-order valence-electron chi connectivity index (χ2n) is 30.6. The molecule has 14 aromatic rings. The predicted octanol–water partition coefficient (Wildman–Crippen LogP) is 16.7. The number of carbonyl (C=O) groups excluding carboxylic acids is 3. The fourth-order valence-electron chi connectivity index (χ4n) is 16.6. The molecule has 0 atom stereocenters. The molecule has 0 amide bonds. The number of piperidine rings is 2. The normalized spacial score (nSPS) is 14.5. The van der Waals surface area contributed by atoms with Gasteiger partial charge in [-0.3, -0.25) is 29.3 Å². The molecule has 3 saturated heterocycles. The van der Waals surface area contributed by atoms with Crippen LogP contribution >= 0.6 is 0 Å². The average Bonchev–Trinajstić information content (AvgIpc) is 1.64. The van der Waals surface area contributed by atoms with Gasteiger partial charge in [0.05, 0.1) is 37.9 Å².